The lowest BCUT2D eigenvalue weighted by Gasteiger charge is -2.38. The molecule has 2 heterocycles. The van der Waals surface area contributed by atoms with E-state index < -0.39 is 5.60 Å². The smallest absolute Gasteiger partial charge is 0.410 e. The molecule has 20 heavy (non-hydrogen) atoms. The number of hydrogen-bond donors (Lipinski definition) is 0. The third kappa shape index (κ3) is 3.06. The summed E-state index contributed by atoms with van der Waals surface area (Å²) >= 11 is 0. The van der Waals surface area contributed by atoms with Crippen LogP contribution in [-0.4, -0.2) is 53.1 Å². The molecule has 2 saturated heterocycles. The third-order valence-electron chi connectivity index (χ3n) is 3.69. The van der Waals surface area contributed by atoms with E-state index in [0.29, 0.717) is 26.1 Å². The number of rotatable bonds is 1. The van der Waals surface area contributed by atoms with Crippen LogP contribution in [0.3, 0.4) is 0 Å². The molecule has 110 valence electrons. The molecule has 1 unspecified atom stereocenters. The summed E-state index contributed by atoms with van der Waals surface area (Å²) in [6, 6.07) is 0.0853. The van der Waals surface area contributed by atoms with Gasteiger partial charge in [0.15, 0.2) is 0 Å². The van der Waals surface area contributed by atoms with Gasteiger partial charge in [-0.05, 0) is 27.2 Å². The van der Waals surface area contributed by atoms with Gasteiger partial charge >= 0.3 is 6.09 Å². The molecule has 5 nitrogen and oxygen atoms in total. The SMILES string of the molecule is C#CCC1C[C@H]2CN(C(=O)OC(C)(C)C)CCN2C1=O. The summed E-state index contributed by atoms with van der Waals surface area (Å²) in [6.07, 6.45) is 6.22. The van der Waals surface area contributed by atoms with Crippen LogP contribution in [0.1, 0.15) is 33.6 Å². The minimum absolute atomic E-state index is 0.0800. The normalized spacial score (nSPS) is 26.2. The van der Waals surface area contributed by atoms with Crippen LogP contribution < -0.4 is 0 Å². The minimum Gasteiger partial charge on any atom is -0.444 e. The Morgan fingerprint density at radius 2 is 2.15 bits per heavy atom. The predicted molar refractivity (Wildman–Crippen MR) is 74.9 cm³/mol. The monoisotopic (exact) mass is 278 g/mol. The predicted octanol–water partition coefficient (Wildman–Crippen LogP) is 1.48. The largest absolute Gasteiger partial charge is 0.444 e. The number of piperazine rings is 1. The molecular formula is C15H22N2O3. The molecule has 0 radical (unpaired) electrons. The summed E-state index contributed by atoms with van der Waals surface area (Å²) in [4.78, 5) is 27.7. The summed E-state index contributed by atoms with van der Waals surface area (Å²) in [7, 11) is 0. The first-order valence-corrected chi connectivity index (χ1v) is 7.03. The van der Waals surface area contributed by atoms with Crippen LogP contribution in [0.4, 0.5) is 4.79 Å². The highest BCUT2D eigenvalue weighted by atomic mass is 16.6. The number of amides is 2. The lowest BCUT2D eigenvalue weighted by Crippen LogP contribution is -2.54. The Labute approximate surface area is 120 Å². The van der Waals surface area contributed by atoms with Gasteiger partial charge < -0.3 is 14.5 Å². The Bertz CT molecular complexity index is 447. The van der Waals surface area contributed by atoms with E-state index in [2.05, 4.69) is 5.92 Å². The molecule has 2 aliphatic rings. The first-order valence-electron chi connectivity index (χ1n) is 7.03. The number of ether oxygens (including phenoxy) is 1. The molecule has 0 aromatic carbocycles. The molecule has 2 atom stereocenters. The number of terminal acetylenes is 1. The van der Waals surface area contributed by atoms with Crippen LogP contribution in [0.2, 0.25) is 0 Å². The molecule has 0 aromatic rings. The molecule has 2 amide bonds. The zero-order chi connectivity index (χ0) is 14.9. The van der Waals surface area contributed by atoms with Crippen molar-refractivity contribution in [3.05, 3.63) is 0 Å². The van der Waals surface area contributed by atoms with Gasteiger partial charge in [0.1, 0.15) is 5.60 Å². The van der Waals surface area contributed by atoms with Gasteiger partial charge in [-0.15, -0.1) is 12.3 Å². The van der Waals surface area contributed by atoms with Crippen molar-refractivity contribution in [1.29, 1.82) is 0 Å². The number of carbonyl (C=O) groups excluding carboxylic acids is 2. The van der Waals surface area contributed by atoms with E-state index in [1.165, 1.54) is 0 Å². The Balaban J connectivity index is 1.97. The van der Waals surface area contributed by atoms with Crippen molar-refractivity contribution in [2.24, 2.45) is 5.92 Å². The standard InChI is InChI=1S/C15H22N2O3/c1-5-6-11-9-12-10-16(7-8-17(12)13(11)18)14(19)20-15(2,3)4/h1,11-12H,6-10H2,2-4H3/t11?,12-/m0/s1. The van der Waals surface area contributed by atoms with E-state index in [-0.39, 0.29) is 24.0 Å². The maximum absolute atomic E-state index is 12.1. The molecule has 2 rings (SSSR count). The van der Waals surface area contributed by atoms with Crippen molar-refractivity contribution in [1.82, 2.24) is 9.80 Å². The van der Waals surface area contributed by atoms with Crippen molar-refractivity contribution >= 4 is 12.0 Å². The van der Waals surface area contributed by atoms with Crippen LogP contribution in [0, 0.1) is 18.3 Å². The van der Waals surface area contributed by atoms with Gasteiger partial charge in [0, 0.05) is 26.1 Å². The zero-order valence-electron chi connectivity index (χ0n) is 12.4. The molecule has 0 spiro atoms. The number of nitrogens with zero attached hydrogens (tertiary/aromatic N) is 2. The number of fused-ring (bicyclic) bond motifs is 1. The van der Waals surface area contributed by atoms with Gasteiger partial charge in [0.2, 0.25) is 5.91 Å². The van der Waals surface area contributed by atoms with Crippen LogP contribution in [0.25, 0.3) is 0 Å². The Morgan fingerprint density at radius 3 is 2.75 bits per heavy atom. The van der Waals surface area contributed by atoms with E-state index >= 15 is 0 Å². The lowest BCUT2D eigenvalue weighted by molar-refractivity contribution is -0.133. The van der Waals surface area contributed by atoms with E-state index in [9.17, 15) is 9.59 Å². The number of carbonyl (C=O) groups is 2. The molecule has 5 heteroatoms. The summed E-state index contributed by atoms with van der Waals surface area (Å²) in [5, 5.41) is 0. The highest BCUT2D eigenvalue weighted by molar-refractivity contribution is 5.82. The van der Waals surface area contributed by atoms with Gasteiger partial charge in [-0.1, -0.05) is 0 Å². The fourth-order valence-electron chi connectivity index (χ4n) is 2.82. The van der Waals surface area contributed by atoms with Crippen molar-refractivity contribution < 1.29 is 14.3 Å². The molecule has 0 saturated carbocycles. The highest BCUT2D eigenvalue weighted by Gasteiger charge is 2.43. The molecule has 0 aromatic heterocycles. The molecular weight excluding hydrogens is 256 g/mol. The molecule has 0 aliphatic carbocycles. The van der Waals surface area contributed by atoms with E-state index in [0.717, 1.165) is 6.42 Å². The molecule has 0 N–H and O–H groups in total. The Kier molecular flexibility index (Phi) is 3.94. The number of hydrogen-bond acceptors (Lipinski definition) is 3. The molecule has 2 fully saturated rings. The highest BCUT2D eigenvalue weighted by Crippen LogP contribution is 2.30. The second kappa shape index (κ2) is 5.35. The first-order chi connectivity index (χ1) is 9.31. The lowest BCUT2D eigenvalue weighted by atomic mass is 10.0. The maximum atomic E-state index is 12.1. The minimum atomic E-state index is -0.494. The summed E-state index contributed by atoms with van der Waals surface area (Å²) in [6.45, 7) is 7.20. The van der Waals surface area contributed by atoms with Gasteiger partial charge in [0.05, 0.1) is 12.0 Å². The van der Waals surface area contributed by atoms with E-state index in [1.54, 1.807) is 4.90 Å². The summed E-state index contributed by atoms with van der Waals surface area (Å²) < 4.78 is 5.38. The quantitative estimate of drug-likeness (QED) is 0.683. The zero-order valence-corrected chi connectivity index (χ0v) is 12.4. The molecule has 2 aliphatic heterocycles. The summed E-state index contributed by atoms with van der Waals surface area (Å²) in [5.74, 6) is 2.62. The van der Waals surface area contributed by atoms with Crippen LogP contribution in [-0.2, 0) is 9.53 Å². The second-order valence-corrected chi connectivity index (χ2v) is 6.45. The first kappa shape index (κ1) is 14.7. The van der Waals surface area contributed by atoms with E-state index in [1.807, 2.05) is 25.7 Å². The van der Waals surface area contributed by atoms with Gasteiger partial charge in [-0.3, -0.25) is 4.79 Å². The maximum Gasteiger partial charge on any atom is 0.410 e. The fraction of sp³-hybridized carbons (Fsp3) is 0.733. The average Bonchev–Trinajstić information content (AvgIpc) is 2.64. The topological polar surface area (TPSA) is 49.9 Å². The van der Waals surface area contributed by atoms with Crippen molar-refractivity contribution in [2.45, 2.75) is 45.3 Å². The van der Waals surface area contributed by atoms with Crippen molar-refractivity contribution in [3.63, 3.8) is 0 Å². The van der Waals surface area contributed by atoms with Crippen molar-refractivity contribution in [3.8, 4) is 12.3 Å². The van der Waals surface area contributed by atoms with Gasteiger partial charge in [0.25, 0.3) is 0 Å². The fourth-order valence-corrected chi connectivity index (χ4v) is 2.82. The Morgan fingerprint density at radius 1 is 1.45 bits per heavy atom. The van der Waals surface area contributed by atoms with Crippen LogP contribution in [0.5, 0.6) is 0 Å². The Hall–Kier alpha value is -1.70. The van der Waals surface area contributed by atoms with Gasteiger partial charge in [-0.25, -0.2) is 4.79 Å². The second-order valence-electron chi connectivity index (χ2n) is 6.45. The van der Waals surface area contributed by atoms with Crippen molar-refractivity contribution in [2.75, 3.05) is 19.6 Å². The van der Waals surface area contributed by atoms with Crippen LogP contribution >= 0.6 is 0 Å². The third-order valence-corrected chi connectivity index (χ3v) is 3.69. The van der Waals surface area contributed by atoms with E-state index in [4.69, 9.17) is 11.2 Å². The molecule has 0 bridgehead atoms. The average molecular weight is 278 g/mol. The van der Waals surface area contributed by atoms with Crippen LogP contribution in [0.15, 0.2) is 0 Å². The van der Waals surface area contributed by atoms with Gasteiger partial charge in [-0.2, -0.15) is 0 Å². The summed E-state index contributed by atoms with van der Waals surface area (Å²) in [5.41, 5.74) is -0.494.